The van der Waals surface area contributed by atoms with Gasteiger partial charge >= 0.3 is 0 Å². The van der Waals surface area contributed by atoms with Crippen LogP contribution in [0.4, 0.5) is 0 Å². The van der Waals surface area contributed by atoms with Gasteiger partial charge < -0.3 is 20.1 Å². The number of nitrogens with zero attached hydrogens (tertiary/aromatic N) is 1. The average molecular weight is 330 g/mol. The SMILES string of the molecule is CN=C(NCCOC)NCc1cc(Br)ccc1OC. The van der Waals surface area contributed by atoms with Crippen LogP contribution in [0.3, 0.4) is 0 Å². The van der Waals surface area contributed by atoms with E-state index in [-0.39, 0.29) is 0 Å². The largest absolute Gasteiger partial charge is 0.496 e. The van der Waals surface area contributed by atoms with Gasteiger partial charge in [-0.25, -0.2) is 0 Å². The molecule has 0 fully saturated rings. The van der Waals surface area contributed by atoms with Crippen molar-refractivity contribution in [1.82, 2.24) is 10.6 Å². The summed E-state index contributed by atoms with van der Waals surface area (Å²) in [6, 6.07) is 5.91. The Morgan fingerprint density at radius 3 is 2.74 bits per heavy atom. The van der Waals surface area contributed by atoms with Crippen molar-refractivity contribution in [2.24, 2.45) is 4.99 Å². The second-order valence-electron chi connectivity index (χ2n) is 3.80. The zero-order valence-electron chi connectivity index (χ0n) is 11.5. The molecule has 106 valence electrons. The number of aliphatic imine (C=N–C) groups is 1. The fraction of sp³-hybridized carbons (Fsp3) is 0.462. The van der Waals surface area contributed by atoms with E-state index >= 15 is 0 Å². The van der Waals surface area contributed by atoms with Gasteiger partial charge in [0.25, 0.3) is 0 Å². The van der Waals surface area contributed by atoms with Crippen LogP contribution in [0.5, 0.6) is 5.75 Å². The van der Waals surface area contributed by atoms with Crippen LogP contribution in [0, 0.1) is 0 Å². The maximum Gasteiger partial charge on any atom is 0.191 e. The second kappa shape index (κ2) is 8.77. The summed E-state index contributed by atoms with van der Waals surface area (Å²) in [4.78, 5) is 4.14. The number of nitrogens with one attached hydrogen (secondary N) is 2. The van der Waals surface area contributed by atoms with Crippen LogP contribution in [0.25, 0.3) is 0 Å². The number of hydrogen-bond donors (Lipinski definition) is 2. The van der Waals surface area contributed by atoms with Crippen molar-refractivity contribution in [1.29, 1.82) is 0 Å². The lowest BCUT2D eigenvalue weighted by molar-refractivity contribution is 0.203. The van der Waals surface area contributed by atoms with Crippen LogP contribution in [-0.4, -0.2) is 40.4 Å². The van der Waals surface area contributed by atoms with Crippen molar-refractivity contribution in [3.8, 4) is 5.75 Å². The van der Waals surface area contributed by atoms with Gasteiger partial charge in [0.2, 0.25) is 0 Å². The van der Waals surface area contributed by atoms with E-state index in [2.05, 4.69) is 31.6 Å². The summed E-state index contributed by atoms with van der Waals surface area (Å²) in [6.45, 7) is 1.99. The van der Waals surface area contributed by atoms with Crippen LogP contribution in [0.15, 0.2) is 27.7 Å². The molecule has 0 heterocycles. The molecule has 0 spiro atoms. The summed E-state index contributed by atoms with van der Waals surface area (Å²) in [6.07, 6.45) is 0. The molecule has 0 unspecified atom stereocenters. The first kappa shape index (κ1) is 15.8. The molecule has 1 rings (SSSR count). The first-order chi connectivity index (χ1) is 9.21. The maximum absolute atomic E-state index is 5.32. The standard InChI is InChI=1S/C13H20BrN3O2/c1-15-13(16-6-7-18-2)17-9-10-8-11(14)4-5-12(10)19-3/h4-5,8H,6-7,9H2,1-3H3,(H2,15,16,17). The van der Waals surface area contributed by atoms with E-state index in [0.29, 0.717) is 19.7 Å². The number of halogens is 1. The molecule has 0 atom stereocenters. The van der Waals surface area contributed by atoms with E-state index in [1.54, 1.807) is 21.3 Å². The molecule has 0 amide bonds. The summed E-state index contributed by atoms with van der Waals surface area (Å²) >= 11 is 3.46. The van der Waals surface area contributed by atoms with E-state index in [9.17, 15) is 0 Å². The Morgan fingerprint density at radius 2 is 2.11 bits per heavy atom. The lowest BCUT2D eigenvalue weighted by atomic mass is 10.2. The molecule has 5 nitrogen and oxygen atoms in total. The molecule has 19 heavy (non-hydrogen) atoms. The third-order valence-corrected chi connectivity index (χ3v) is 3.00. The zero-order valence-corrected chi connectivity index (χ0v) is 13.1. The Hall–Kier alpha value is -1.27. The fourth-order valence-electron chi connectivity index (χ4n) is 1.56. The molecule has 0 radical (unpaired) electrons. The molecule has 0 bridgehead atoms. The van der Waals surface area contributed by atoms with Crippen molar-refractivity contribution in [2.75, 3.05) is 34.4 Å². The Kier molecular flexibility index (Phi) is 7.28. The highest BCUT2D eigenvalue weighted by Gasteiger charge is 2.04. The van der Waals surface area contributed by atoms with Gasteiger partial charge in [-0.3, -0.25) is 4.99 Å². The average Bonchev–Trinajstić information content (AvgIpc) is 2.43. The molecule has 0 aliphatic rings. The smallest absolute Gasteiger partial charge is 0.191 e. The van der Waals surface area contributed by atoms with Crippen LogP contribution in [-0.2, 0) is 11.3 Å². The van der Waals surface area contributed by atoms with Crippen molar-refractivity contribution < 1.29 is 9.47 Å². The summed E-state index contributed by atoms with van der Waals surface area (Å²) in [5, 5.41) is 6.38. The molecular weight excluding hydrogens is 310 g/mol. The maximum atomic E-state index is 5.32. The van der Waals surface area contributed by atoms with Gasteiger partial charge in [0.1, 0.15) is 5.75 Å². The van der Waals surface area contributed by atoms with Crippen LogP contribution >= 0.6 is 15.9 Å². The van der Waals surface area contributed by atoms with Crippen molar-refractivity contribution in [2.45, 2.75) is 6.54 Å². The normalized spacial score (nSPS) is 11.3. The Morgan fingerprint density at radius 1 is 1.32 bits per heavy atom. The lowest BCUT2D eigenvalue weighted by Crippen LogP contribution is -2.38. The van der Waals surface area contributed by atoms with Crippen LogP contribution in [0.2, 0.25) is 0 Å². The van der Waals surface area contributed by atoms with E-state index in [4.69, 9.17) is 9.47 Å². The fourth-order valence-corrected chi connectivity index (χ4v) is 1.96. The molecule has 6 heteroatoms. The monoisotopic (exact) mass is 329 g/mol. The summed E-state index contributed by atoms with van der Waals surface area (Å²) in [5.41, 5.74) is 1.06. The van der Waals surface area contributed by atoms with Gasteiger partial charge in [-0.2, -0.15) is 0 Å². The van der Waals surface area contributed by atoms with Gasteiger partial charge in [0, 0.05) is 37.3 Å². The quantitative estimate of drug-likeness (QED) is 0.474. The van der Waals surface area contributed by atoms with Crippen molar-refractivity contribution >= 4 is 21.9 Å². The minimum absolute atomic E-state index is 0.634. The Balaban J connectivity index is 2.57. The summed E-state index contributed by atoms with van der Waals surface area (Å²) < 4.78 is 11.3. The van der Waals surface area contributed by atoms with E-state index < -0.39 is 0 Å². The molecule has 2 N–H and O–H groups in total. The molecular formula is C13H20BrN3O2. The third-order valence-electron chi connectivity index (χ3n) is 2.51. The summed E-state index contributed by atoms with van der Waals surface area (Å²) in [5.74, 6) is 1.59. The Labute approximate surface area is 122 Å². The van der Waals surface area contributed by atoms with Gasteiger partial charge in [-0.15, -0.1) is 0 Å². The molecule has 1 aromatic rings. The number of methoxy groups -OCH3 is 2. The molecule has 0 aliphatic carbocycles. The predicted molar refractivity (Wildman–Crippen MR) is 80.8 cm³/mol. The van der Waals surface area contributed by atoms with Gasteiger partial charge in [-0.1, -0.05) is 15.9 Å². The number of benzene rings is 1. The predicted octanol–water partition coefficient (Wildman–Crippen LogP) is 1.77. The van der Waals surface area contributed by atoms with Gasteiger partial charge in [0.05, 0.1) is 13.7 Å². The lowest BCUT2D eigenvalue weighted by Gasteiger charge is -2.13. The highest BCUT2D eigenvalue weighted by Crippen LogP contribution is 2.22. The van der Waals surface area contributed by atoms with Gasteiger partial charge in [0.15, 0.2) is 5.96 Å². The Bertz CT molecular complexity index is 424. The van der Waals surface area contributed by atoms with E-state index in [0.717, 1.165) is 21.7 Å². The highest BCUT2D eigenvalue weighted by atomic mass is 79.9. The third kappa shape index (κ3) is 5.48. The number of rotatable bonds is 6. The highest BCUT2D eigenvalue weighted by molar-refractivity contribution is 9.10. The van der Waals surface area contributed by atoms with Crippen LogP contribution in [0.1, 0.15) is 5.56 Å². The zero-order chi connectivity index (χ0) is 14.1. The van der Waals surface area contributed by atoms with Gasteiger partial charge in [-0.05, 0) is 18.2 Å². The first-order valence-corrected chi connectivity index (χ1v) is 6.76. The number of guanidine groups is 1. The second-order valence-corrected chi connectivity index (χ2v) is 4.72. The first-order valence-electron chi connectivity index (χ1n) is 5.97. The van der Waals surface area contributed by atoms with Crippen molar-refractivity contribution in [3.05, 3.63) is 28.2 Å². The minimum Gasteiger partial charge on any atom is -0.496 e. The number of ether oxygens (including phenoxy) is 2. The van der Waals surface area contributed by atoms with Crippen molar-refractivity contribution in [3.63, 3.8) is 0 Å². The minimum atomic E-state index is 0.634. The number of hydrogen-bond acceptors (Lipinski definition) is 3. The van der Waals surface area contributed by atoms with Crippen LogP contribution < -0.4 is 15.4 Å². The van der Waals surface area contributed by atoms with E-state index in [1.807, 2.05) is 18.2 Å². The molecule has 0 aliphatic heterocycles. The molecule has 0 saturated heterocycles. The molecule has 1 aromatic carbocycles. The molecule has 0 aromatic heterocycles. The summed E-state index contributed by atoms with van der Waals surface area (Å²) in [7, 11) is 5.07. The topological polar surface area (TPSA) is 54.9 Å². The molecule has 0 saturated carbocycles. The van der Waals surface area contributed by atoms with E-state index in [1.165, 1.54) is 0 Å².